The molecule has 0 bridgehead atoms. The fraction of sp³-hybridized carbons (Fsp3) is 0.294. The second-order valence-electron chi connectivity index (χ2n) is 5.44. The van der Waals surface area contributed by atoms with E-state index in [1.807, 2.05) is 0 Å². The molecule has 1 nitrogen and oxygen atoms in total. The van der Waals surface area contributed by atoms with Crippen LogP contribution in [0.4, 0.5) is 0 Å². The van der Waals surface area contributed by atoms with Gasteiger partial charge < -0.3 is 24.8 Å². The third-order valence-corrected chi connectivity index (χ3v) is 4.53. The van der Waals surface area contributed by atoms with Crippen molar-refractivity contribution in [2.75, 3.05) is 0 Å². The molecule has 0 aromatic rings. The third-order valence-electron chi connectivity index (χ3n) is 3.68. The van der Waals surface area contributed by atoms with Crippen LogP contribution in [0, 0.1) is 5.92 Å². The van der Waals surface area contributed by atoms with Crippen LogP contribution < -0.4 is 24.8 Å². The van der Waals surface area contributed by atoms with Gasteiger partial charge in [-0.1, -0.05) is 61.6 Å². The molecule has 0 N–H and O–H groups in total. The van der Waals surface area contributed by atoms with Crippen molar-refractivity contribution in [3.05, 3.63) is 58.9 Å². The van der Waals surface area contributed by atoms with Crippen molar-refractivity contribution in [2.45, 2.75) is 26.4 Å². The zero-order valence-corrected chi connectivity index (χ0v) is 18.0. The van der Waals surface area contributed by atoms with Gasteiger partial charge in [-0.2, -0.15) is 0 Å². The average molecular weight is 428 g/mol. The molecular formula is C17H19Cl2NSiZr. The smallest absolute Gasteiger partial charge is 1.00 e. The molecule has 0 spiro atoms. The Morgan fingerprint density at radius 2 is 1.95 bits per heavy atom. The standard InChI is InChI=1S/C17H19NSi.2ClH.Zr/c1-4-12-8-9-13(10-12)17-14-6-5-7-15(14)18-16(17)11-19(2)3;;;/h5-11,13H,4H2,1-3H3;2*1H;/q;;;+2/p-2. The van der Waals surface area contributed by atoms with E-state index in [2.05, 4.69) is 62.1 Å². The summed E-state index contributed by atoms with van der Waals surface area (Å²) >= 11 is 0. The largest absolute Gasteiger partial charge is 2.00 e. The van der Waals surface area contributed by atoms with Crippen molar-refractivity contribution in [1.82, 2.24) is 0 Å². The van der Waals surface area contributed by atoms with Gasteiger partial charge in [0.05, 0.1) is 11.4 Å². The first-order valence-electron chi connectivity index (χ1n) is 6.95. The number of halogens is 2. The maximum absolute atomic E-state index is 4.82. The van der Waals surface area contributed by atoms with Crippen molar-refractivity contribution in [3.63, 3.8) is 0 Å². The Balaban J connectivity index is 0.00000147. The molecule has 0 aromatic heterocycles. The molecule has 3 aliphatic rings. The van der Waals surface area contributed by atoms with Gasteiger partial charge in [0, 0.05) is 19.9 Å². The molecule has 0 fully saturated rings. The molecule has 114 valence electrons. The normalized spacial score (nSPS) is 20.3. The van der Waals surface area contributed by atoms with Gasteiger partial charge in [-0.15, -0.1) is 0 Å². The van der Waals surface area contributed by atoms with Gasteiger partial charge in [0.2, 0.25) is 0 Å². The van der Waals surface area contributed by atoms with E-state index in [9.17, 15) is 0 Å². The second kappa shape index (κ2) is 9.27. The Kier molecular flexibility index (Phi) is 9.24. The summed E-state index contributed by atoms with van der Waals surface area (Å²) in [5.74, 6) is 0.412. The van der Waals surface area contributed by atoms with Crippen LogP contribution in [0.15, 0.2) is 63.9 Å². The number of hydrogen-bond donors (Lipinski definition) is 0. The van der Waals surface area contributed by atoms with Gasteiger partial charge in [-0.3, -0.25) is 0 Å². The minimum atomic E-state index is -0.414. The SMILES string of the molecule is CCC1=CC(C2=C3C=CC=C3N=C2C=[Si](C)C)C=C1.[Cl-].[Cl-].[Zr+2]. The molecule has 1 atom stereocenters. The maximum Gasteiger partial charge on any atom is 2.00 e. The van der Waals surface area contributed by atoms with Crippen LogP contribution in [0.2, 0.25) is 13.1 Å². The maximum atomic E-state index is 4.82. The molecule has 0 saturated carbocycles. The van der Waals surface area contributed by atoms with E-state index >= 15 is 0 Å². The van der Waals surface area contributed by atoms with Crippen LogP contribution in [-0.2, 0) is 26.2 Å². The quantitative estimate of drug-likeness (QED) is 0.456. The summed E-state index contributed by atoms with van der Waals surface area (Å²) in [6.45, 7) is 6.84. The van der Waals surface area contributed by atoms with E-state index in [0.717, 1.165) is 12.1 Å². The Morgan fingerprint density at radius 3 is 2.55 bits per heavy atom. The molecule has 2 aliphatic carbocycles. The van der Waals surface area contributed by atoms with Crippen LogP contribution in [0.5, 0.6) is 0 Å². The van der Waals surface area contributed by atoms with Gasteiger partial charge >= 0.3 is 26.2 Å². The summed E-state index contributed by atoms with van der Waals surface area (Å²) in [7, 11) is -0.414. The van der Waals surface area contributed by atoms with Crippen molar-refractivity contribution in [3.8, 4) is 0 Å². The number of fused-ring (bicyclic) bond motifs is 1. The van der Waals surface area contributed by atoms with Crippen molar-refractivity contribution < 1.29 is 51.0 Å². The minimum absolute atomic E-state index is 0. The molecule has 0 radical (unpaired) electrons. The van der Waals surface area contributed by atoms with Crippen molar-refractivity contribution in [1.29, 1.82) is 0 Å². The molecule has 0 saturated heterocycles. The van der Waals surface area contributed by atoms with Crippen LogP contribution >= 0.6 is 0 Å². The fourth-order valence-electron chi connectivity index (χ4n) is 2.78. The summed E-state index contributed by atoms with van der Waals surface area (Å²) in [5.41, 5.74) is 8.93. The molecule has 0 amide bonds. The van der Waals surface area contributed by atoms with E-state index in [1.165, 1.54) is 22.4 Å². The number of nitrogens with zero attached hydrogens (tertiary/aromatic N) is 1. The van der Waals surface area contributed by atoms with Gasteiger partial charge in [-0.05, 0) is 18.1 Å². The van der Waals surface area contributed by atoms with Crippen LogP contribution in [0.1, 0.15) is 13.3 Å². The summed E-state index contributed by atoms with van der Waals surface area (Å²) in [5, 5.41) is 0. The summed E-state index contributed by atoms with van der Waals surface area (Å²) in [4.78, 5) is 4.82. The fourth-order valence-corrected chi connectivity index (χ4v) is 3.55. The number of aliphatic imine (C=N–C) groups is 1. The number of allylic oxidation sites excluding steroid dienone is 8. The summed E-state index contributed by atoms with van der Waals surface area (Å²) in [6, 6.07) is 0. The van der Waals surface area contributed by atoms with Gasteiger partial charge in [0.25, 0.3) is 0 Å². The summed E-state index contributed by atoms with van der Waals surface area (Å²) in [6.07, 6.45) is 14.5. The first kappa shape index (κ1) is 21.9. The second-order valence-corrected chi connectivity index (χ2v) is 7.88. The van der Waals surface area contributed by atoms with Gasteiger partial charge in [0.15, 0.2) is 0 Å². The zero-order valence-electron chi connectivity index (χ0n) is 13.0. The van der Waals surface area contributed by atoms with Crippen molar-refractivity contribution in [2.24, 2.45) is 10.9 Å². The molecule has 3 rings (SSSR count). The van der Waals surface area contributed by atoms with Gasteiger partial charge in [0.1, 0.15) is 0 Å². The van der Waals surface area contributed by atoms with Crippen LogP contribution in [0.3, 0.4) is 0 Å². The van der Waals surface area contributed by atoms with Crippen molar-refractivity contribution >= 4 is 19.8 Å². The first-order valence-corrected chi connectivity index (χ1v) is 9.52. The molecule has 22 heavy (non-hydrogen) atoms. The Bertz CT molecular complexity index is 648. The summed E-state index contributed by atoms with van der Waals surface area (Å²) < 4.78 is 0. The predicted molar refractivity (Wildman–Crippen MR) is 86.2 cm³/mol. The minimum Gasteiger partial charge on any atom is -1.00 e. The van der Waals surface area contributed by atoms with Crippen LogP contribution in [-0.4, -0.2) is 19.8 Å². The van der Waals surface area contributed by atoms with E-state index < -0.39 is 8.41 Å². The number of rotatable bonds is 3. The van der Waals surface area contributed by atoms with Crippen LogP contribution in [0.25, 0.3) is 0 Å². The Hall–Kier alpha value is -0.0800. The molecule has 0 aromatic carbocycles. The van der Waals surface area contributed by atoms with E-state index in [-0.39, 0.29) is 51.0 Å². The Morgan fingerprint density at radius 1 is 1.23 bits per heavy atom. The molecule has 5 heteroatoms. The molecule has 1 unspecified atom stereocenters. The van der Waals surface area contributed by atoms with Gasteiger partial charge in [-0.25, -0.2) is 4.99 Å². The molecular weight excluding hydrogens is 408 g/mol. The Labute approximate surface area is 166 Å². The predicted octanol–water partition coefficient (Wildman–Crippen LogP) is -2.14. The third kappa shape index (κ3) is 4.26. The topological polar surface area (TPSA) is 12.4 Å². The molecule has 1 heterocycles. The molecule has 1 aliphatic heterocycles. The monoisotopic (exact) mass is 425 g/mol. The van der Waals surface area contributed by atoms with E-state index in [4.69, 9.17) is 4.99 Å². The average Bonchev–Trinajstić information content (AvgIpc) is 3.02. The van der Waals surface area contributed by atoms with E-state index in [1.54, 1.807) is 0 Å². The first-order chi connectivity index (χ1) is 9.19. The number of hydrogen-bond acceptors (Lipinski definition) is 1. The zero-order chi connectivity index (χ0) is 13.4. The van der Waals surface area contributed by atoms with E-state index in [0.29, 0.717) is 5.92 Å².